The number of hydrogen-bond donors (Lipinski definition) is 1. The largest absolute Gasteiger partial charge is 0.453 e. The van der Waals surface area contributed by atoms with Crippen molar-refractivity contribution in [2.75, 3.05) is 6.61 Å². The number of esters is 1. The average Bonchev–Trinajstić information content (AvgIpc) is 3.35. The van der Waals surface area contributed by atoms with Crippen molar-refractivity contribution < 1.29 is 52.5 Å². The zero-order valence-electron chi connectivity index (χ0n) is 36.4. The van der Waals surface area contributed by atoms with Gasteiger partial charge in [0.2, 0.25) is 0 Å². The van der Waals surface area contributed by atoms with E-state index in [0.29, 0.717) is 5.56 Å². The topological polar surface area (TPSA) is 120 Å². The van der Waals surface area contributed by atoms with Gasteiger partial charge in [-0.15, -0.1) is 0 Å². The molecule has 0 aliphatic carbocycles. The molecular weight excluding hydrogens is 825 g/mol. The van der Waals surface area contributed by atoms with Gasteiger partial charge in [-0.3, -0.25) is 0 Å². The van der Waals surface area contributed by atoms with Gasteiger partial charge in [0, 0.05) is 0 Å². The van der Waals surface area contributed by atoms with E-state index in [1.807, 2.05) is 165 Å². The van der Waals surface area contributed by atoms with Gasteiger partial charge < -0.3 is 47.7 Å². The Bertz CT molecular complexity index is 2270. The van der Waals surface area contributed by atoms with Crippen LogP contribution in [0.1, 0.15) is 45.1 Å². The molecule has 10 atom stereocenters. The molecule has 2 fully saturated rings. The molecule has 6 aromatic rings. The van der Waals surface area contributed by atoms with Gasteiger partial charge in [-0.25, -0.2) is 4.79 Å². The van der Waals surface area contributed by atoms with Crippen molar-refractivity contribution in [3.63, 3.8) is 0 Å². The Hall–Kier alpha value is -5.57. The molecular formula is C54H56O11. The van der Waals surface area contributed by atoms with E-state index < -0.39 is 67.4 Å². The fraction of sp³-hybridized carbons (Fsp3) is 0.315. The summed E-state index contributed by atoms with van der Waals surface area (Å²) in [5.74, 6) is -0.529. The van der Waals surface area contributed by atoms with Crippen LogP contribution in [0.5, 0.6) is 0 Å². The third-order valence-corrected chi connectivity index (χ3v) is 11.4. The van der Waals surface area contributed by atoms with Crippen LogP contribution < -0.4 is 0 Å². The summed E-state index contributed by atoms with van der Waals surface area (Å²) < 4.78 is 59.9. The minimum Gasteiger partial charge on any atom is -0.453 e. The van der Waals surface area contributed by atoms with Crippen LogP contribution in [0.2, 0.25) is 0 Å². The number of carbonyl (C=O) groups excluding carboxylic acids is 1. The lowest BCUT2D eigenvalue weighted by Crippen LogP contribution is -2.65. The minimum absolute atomic E-state index is 0.0241. The average molecular weight is 881 g/mol. The highest BCUT2D eigenvalue weighted by Gasteiger charge is 2.54. The summed E-state index contributed by atoms with van der Waals surface area (Å²) in [6, 6.07) is 57.6. The molecule has 0 bridgehead atoms. The van der Waals surface area contributed by atoms with Crippen molar-refractivity contribution in [3.05, 3.63) is 215 Å². The maximum Gasteiger partial charge on any atom is 0.338 e. The van der Waals surface area contributed by atoms with Crippen molar-refractivity contribution in [1.82, 2.24) is 0 Å². The van der Waals surface area contributed by atoms with Gasteiger partial charge in [0.1, 0.15) is 36.6 Å². The quantitative estimate of drug-likeness (QED) is 0.0743. The van der Waals surface area contributed by atoms with Crippen LogP contribution >= 0.6 is 0 Å². The molecule has 11 nitrogen and oxygen atoms in total. The Balaban J connectivity index is 1.15. The van der Waals surface area contributed by atoms with Gasteiger partial charge in [-0.05, 0) is 46.9 Å². The van der Waals surface area contributed by atoms with Crippen molar-refractivity contribution >= 4 is 5.97 Å². The van der Waals surface area contributed by atoms with Gasteiger partial charge in [-0.1, -0.05) is 170 Å². The molecule has 1 N–H and O–H groups in total. The van der Waals surface area contributed by atoms with E-state index in [1.54, 1.807) is 24.3 Å². The maximum absolute atomic E-state index is 13.8. The van der Waals surface area contributed by atoms with Crippen LogP contribution in [0.4, 0.5) is 0 Å². The van der Waals surface area contributed by atoms with E-state index >= 15 is 0 Å². The highest BCUT2D eigenvalue weighted by molar-refractivity contribution is 5.89. The van der Waals surface area contributed by atoms with E-state index in [9.17, 15) is 9.90 Å². The van der Waals surface area contributed by atoms with Crippen LogP contribution in [0, 0.1) is 0 Å². The summed E-state index contributed by atoms with van der Waals surface area (Å²) in [5.41, 5.74) is 4.99. The number of aliphatic hydroxyl groups excluding tert-OH is 1. The van der Waals surface area contributed by atoms with Gasteiger partial charge in [0.05, 0.1) is 51.3 Å². The molecule has 2 aliphatic rings. The molecule has 0 saturated carbocycles. The number of carbonyl (C=O) groups is 1. The van der Waals surface area contributed by atoms with Crippen molar-refractivity contribution in [2.45, 2.75) is 101 Å². The molecule has 0 radical (unpaired) electrons. The first-order chi connectivity index (χ1) is 32.0. The lowest BCUT2D eigenvalue weighted by molar-refractivity contribution is -0.368. The van der Waals surface area contributed by atoms with Crippen molar-refractivity contribution in [1.29, 1.82) is 0 Å². The molecule has 338 valence electrons. The second-order valence-corrected chi connectivity index (χ2v) is 16.2. The molecule has 2 aliphatic heterocycles. The first kappa shape index (κ1) is 46.0. The van der Waals surface area contributed by atoms with E-state index in [0.717, 1.165) is 27.8 Å². The second kappa shape index (κ2) is 23.6. The van der Waals surface area contributed by atoms with Crippen LogP contribution in [-0.2, 0) is 75.7 Å². The molecule has 0 aromatic heterocycles. The minimum atomic E-state index is -1.41. The molecule has 8 rings (SSSR count). The molecule has 11 heteroatoms. The Morgan fingerprint density at radius 2 is 0.846 bits per heavy atom. The van der Waals surface area contributed by atoms with Crippen LogP contribution in [0.3, 0.4) is 0 Å². The Labute approximate surface area is 380 Å². The summed E-state index contributed by atoms with van der Waals surface area (Å²) >= 11 is 0. The standard InChI is InChI=1S/C54H56O11/c1-38-46(64-52(55)44-30-18-7-19-31-44)48(58-33-40-22-10-3-11-23-40)51(61-36-43-28-16-6-17-29-43)54(62-38)65-47-45(37-57-32-39-20-8-2-9-21-39)63-53(56)50(60-35-42-26-14-5-15-27-42)49(47)59-34-41-24-12-4-13-25-41/h2-31,38,45-51,53-54,56H,32-37H2,1H3/t38-,45-,46-,47-,48+,49+,50-,51+,53+,54+/m1/s1. The SMILES string of the molecule is C[C@H]1O[C@@H](O[C@H]2[C@H](OCc3ccccc3)[C@@H](OCc3ccccc3)[C@@H](O)O[C@@H]2COCc2ccccc2)[C@@H](OCc2ccccc2)[C@@H](OCc2ccccc2)[C@@H]1OC(=O)c1ccccc1. The normalized spacial score (nSPS) is 25.4. The van der Waals surface area contributed by atoms with E-state index in [1.165, 1.54) is 0 Å². The van der Waals surface area contributed by atoms with E-state index in [4.69, 9.17) is 42.6 Å². The number of aliphatic hydroxyl groups is 1. The Kier molecular flexibility index (Phi) is 16.7. The fourth-order valence-corrected chi connectivity index (χ4v) is 8.03. The molecule has 6 aromatic carbocycles. The van der Waals surface area contributed by atoms with Crippen LogP contribution in [-0.4, -0.2) is 79.1 Å². The molecule has 2 saturated heterocycles. The molecule has 65 heavy (non-hydrogen) atoms. The fourth-order valence-electron chi connectivity index (χ4n) is 8.03. The monoisotopic (exact) mass is 880 g/mol. The molecule has 0 unspecified atom stereocenters. The summed E-state index contributed by atoms with van der Waals surface area (Å²) in [4.78, 5) is 13.8. The predicted molar refractivity (Wildman–Crippen MR) is 242 cm³/mol. The molecule has 2 heterocycles. The third kappa shape index (κ3) is 12.8. The number of hydrogen-bond acceptors (Lipinski definition) is 11. The number of ether oxygens (including phenoxy) is 9. The summed E-state index contributed by atoms with van der Waals surface area (Å²) in [7, 11) is 0. The second-order valence-electron chi connectivity index (χ2n) is 16.2. The first-order valence-electron chi connectivity index (χ1n) is 22.1. The maximum atomic E-state index is 13.8. The lowest BCUT2D eigenvalue weighted by Gasteiger charge is -2.49. The number of benzene rings is 6. The number of rotatable bonds is 20. The first-order valence-corrected chi connectivity index (χ1v) is 22.1. The highest BCUT2D eigenvalue weighted by Crippen LogP contribution is 2.36. The zero-order chi connectivity index (χ0) is 44.6. The molecule has 0 amide bonds. The summed E-state index contributed by atoms with van der Waals surface area (Å²) in [5, 5.41) is 11.8. The van der Waals surface area contributed by atoms with Crippen molar-refractivity contribution in [2.24, 2.45) is 0 Å². The predicted octanol–water partition coefficient (Wildman–Crippen LogP) is 8.62. The van der Waals surface area contributed by atoms with Gasteiger partial charge in [-0.2, -0.15) is 0 Å². The van der Waals surface area contributed by atoms with E-state index in [-0.39, 0.29) is 39.6 Å². The van der Waals surface area contributed by atoms with E-state index in [2.05, 4.69) is 0 Å². The van der Waals surface area contributed by atoms with Gasteiger partial charge >= 0.3 is 5.97 Å². The highest BCUT2D eigenvalue weighted by atomic mass is 16.7. The Morgan fingerprint density at radius 3 is 1.31 bits per heavy atom. The van der Waals surface area contributed by atoms with Crippen LogP contribution in [0.15, 0.2) is 182 Å². The summed E-state index contributed by atoms with van der Waals surface area (Å²) in [6.45, 7) is 2.82. The van der Waals surface area contributed by atoms with Gasteiger partial charge in [0.15, 0.2) is 18.7 Å². The van der Waals surface area contributed by atoms with Crippen molar-refractivity contribution in [3.8, 4) is 0 Å². The summed E-state index contributed by atoms with van der Waals surface area (Å²) in [6.07, 6.45) is -9.85. The smallest absolute Gasteiger partial charge is 0.338 e. The Morgan fingerprint density at radius 1 is 0.462 bits per heavy atom. The zero-order valence-corrected chi connectivity index (χ0v) is 36.4. The van der Waals surface area contributed by atoms with Crippen LogP contribution in [0.25, 0.3) is 0 Å². The lowest BCUT2D eigenvalue weighted by atomic mass is 9.96. The third-order valence-electron chi connectivity index (χ3n) is 11.4. The van der Waals surface area contributed by atoms with Gasteiger partial charge in [0.25, 0.3) is 0 Å². The molecule has 0 spiro atoms.